The highest BCUT2D eigenvalue weighted by Gasteiger charge is 2.17. The average molecular weight is 475 g/mol. The van der Waals surface area contributed by atoms with Gasteiger partial charge in [-0.2, -0.15) is 5.10 Å². The molecule has 6 nitrogen and oxygen atoms in total. The summed E-state index contributed by atoms with van der Waals surface area (Å²) in [4.78, 5) is 13.1. The largest absolute Gasteiger partial charge is 0.508 e. The van der Waals surface area contributed by atoms with E-state index in [0.29, 0.717) is 17.1 Å². The van der Waals surface area contributed by atoms with Crippen molar-refractivity contribution >= 4 is 17.5 Å². The van der Waals surface area contributed by atoms with E-state index in [0.717, 1.165) is 38.9 Å². The third kappa shape index (κ3) is 5.14. The van der Waals surface area contributed by atoms with Crippen LogP contribution in [0.25, 0.3) is 22.3 Å². The molecule has 34 heavy (non-hydrogen) atoms. The number of halogens is 1. The Morgan fingerprint density at radius 3 is 2.44 bits per heavy atom. The molecule has 4 rings (SSSR count). The van der Waals surface area contributed by atoms with Gasteiger partial charge in [0.1, 0.15) is 5.75 Å². The van der Waals surface area contributed by atoms with Crippen LogP contribution in [-0.4, -0.2) is 20.8 Å². The standard InChI is InChI=1S/C27H27ClN4O2/c1-16-4-5-18(13-29)6-26(16)27(34)31-17(2)19-7-20(22-10-24(28)12-25(33)11-22)9-21(8-19)23-14-30-32(3)15-23/h4-12,14-15,17,33H,13,29H2,1-3H3,(H,31,34). The van der Waals surface area contributed by atoms with Crippen molar-refractivity contribution in [2.45, 2.75) is 26.4 Å². The first kappa shape index (κ1) is 23.5. The molecule has 0 spiro atoms. The fourth-order valence-corrected chi connectivity index (χ4v) is 4.17. The lowest BCUT2D eigenvalue weighted by atomic mass is 9.94. The number of aromatic hydroxyl groups is 1. The summed E-state index contributed by atoms with van der Waals surface area (Å²) in [6.07, 6.45) is 3.73. The molecule has 1 heterocycles. The van der Waals surface area contributed by atoms with E-state index in [-0.39, 0.29) is 17.7 Å². The lowest BCUT2D eigenvalue weighted by molar-refractivity contribution is 0.0939. The lowest BCUT2D eigenvalue weighted by Crippen LogP contribution is -2.27. The molecule has 0 aliphatic rings. The smallest absolute Gasteiger partial charge is 0.252 e. The average Bonchev–Trinajstić information content (AvgIpc) is 3.24. The van der Waals surface area contributed by atoms with Crippen LogP contribution in [0.4, 0.5) is 0 Å². The molecule has 1 unspecified atom stereocenters. The molecule has 4 aromatic rings. The van der Waals surface area contributed by atoms with Gasteiger partial charge < -0.3 is 16.2 Å². The molecule has 1 aromatic heterocycles. The predicted molar refractivity (Wildman–Crippen MR) is 136 cm³/mol. The minimum absolute atomic E-state index is 0.0902. The van der Waals surface area contributed by atoms with Gasteiger partial charge in [0, 0.05) is 35.9 Å². The molecule has 0 saturated carbocycles. The Morgan fingerprint density at radius 2 is 1.79 bits per heavy atom. The van der Waals surface area contributed by atoms with Gasteiger partial charge in [-0.3, -0.25) is 9.48 Å². The van der Waals surface area contributed by atoms with Gasteiger partial charge in [0.25, 0.3) is 5.91 Å². The van der Waals surface area contributed by atoms with Crippen LogP contribution in [0.2, 0.25) is 5.02 Å². The molecule has 174 valence electrons. The first-order valence-corrected chi connectivity index (χ1v) is 11.4. The third-order valence-electron chi connectivity index (χ3n) is 5.84. The van der Waals surface area contributed by atoms with Gasteiger partial charge in [0.2, 0.25) is 0 Å². The maximum absolute atomic E-state index is 13.1. The van der Waals surface area contributed by atoms with Gasteiger partial charge in [-0.25, -0.2) is 0 Å². The molecule has 0 saturated heterocycles. The number of carbonyl (C=O) groups is 1. The molecule has 7 heteroatoms. The summed E-state index contributed by atoms with van der Waals surface area (Å²) in [6.45, 7) is 4.23. The van der Waals surface area contributed by atoms with Crippen molar-refractivity contribution in [3.05, 3.63) is 94.3 Å². The Morgan fingerprint density at radius 1 is 1.09 bits per heavy atom. The second kappa shape index (κ2) is 9.71. The molecule has 0 aliphatic heterocycles. The zero-order valence-corrected chi connectivity index (χ0v) is 20.1. The predicted octanol–water partition coefficient (Wildman–Crippen LogP) is 5.37. The highest BCUT2D eigenvalue weighted by atomic mass is 35.5. The van der Waals surface area contributed by atoms with Crippen molar-refractivity contribution in [2.75, 3.05) is 0 Å². The van der Waals surface area contributed by atoms with Gasteiger partial charge in [0.15, 0.2) is 0 Å². The summed E-state index contributed by atoms with van der Waals surface area (Å²) in [6, 6.07) is 16.4. The summed E-state index contributed by atoms with van der Waals surface area (Å²) in [5.41, 5.74) is 12.6. The first-order valence-electron chi connectivity index (χ1n) is 11.0. The molecule has 4 N–H and O–H groups in total. The normalized spacial score (nSPS) is 11.9. The summed E-state index contributed by atoms with van der Waals surface area (Å²) in [5.74, 6) is -0.0681. The maximum Gasteiger partial charge on any atom is 0.252 e. The molecule has 3 aromatic carbocycles. The van der Waals surface area contributed by atoms with E-state index in [2.05, 4.69) is 10.4 Å². The number of nitrogens with one attached hydrogen (secondary N) is 1. The van der Waals surface area contributed by atoms with Crippen LogP contribution in [0, 0.1) is 6.92 Å². The Bertz CT molecular complexity index is 1340. The second-order valence-corrected chi connectivity index (χ2v) is 8.93. The second-order valence-electron chi connectivity index (χ2n) is 8.49. The van der Waals surface area contributed by atoms with E-state index in [9.17, 15) is 9.90 Å². The van der Waals surface area contributed by atoms with Crippen LogP contribution in [0.1, 0.15) is 40.0 Å². The van der Waals surface area contributed by atoms with Crippen molar-refractivity contribution in [3.63, 3.8) is 0 Å². The SMILES string of the molecule is Cc1ccc(CN)cc1C(=O)NC(C)c1cc(-c2cc(O)cc(Cl)c2)cc(-c2cnn(C)c2)c1. The summed E-state index contributed by atoms with van der Waals surface area (Å²) in [7, 11) is 1.86. The third-order valence-corrected chi connectivity index (χ3v) is 6.06. The van der Waals surface area contributed by atoms with Crippen LogP contribution in [0.15, 0.2) is 67.0 Å². The minimum atomic E-state index is -0.281. The van der Waals surface area contributed by atoms with Gasteiger partial charge in [0.05, 0.1) is 12.2 Å². The van der Waals surface area contributed by atoms with Crippen LogP contribution in [-0.2, 0) is 13.6 Å². The number of phenols is 1. The minimum Gasteiger partial charge on any atom is -0.508 e. The molecular weight excluding hydrogens is 448 g/mol. The van der Waals surface area contributed by atoms with E-state index in [1.165, 1.54) is 6.07 Å². The molecule has 0 radical (unpaired) electrons. The first-order chi connectivity index (χ1) is 16.2. The number of aryl methyl sites for hydroxylation is 2. The fraction of sp³-hybridized carbons (Fsp3) is 0.185. The van der Waals surface area contributed by atoms with Crippen LogP contribution in [0.3, 0.4) is 0 Å². The molecular formula is C27H27ClN4O2. The van der Waals surface area contributed by atoms with Crippen LogP contribution in [0.5, 0.6) is 5.75 Å². The van der Waals surface area contributed by atoms with Gasteiger partial charge >= 0.3 is 0 Å². The number of hydrogen-bond donors (Lipinski definition) is 3. The van der Waals surface area contributed by atoms with Gasteiger partial charge in [-0.15, -0.1) is 0 Å². The lowest BCUT2D eigenvalue weighted by Gasteiger charge is -2.18. The van der Waals surface area contributed by atoms with Crippen molar-refractivity contribution in [1.82, 2.24) is 15.1 Å². The van der Waals surface area contributed by atoms with E-state index < -0.39 is 0 Å². The molecule has 0 bridgehead atoms. The quantitative estimate of drug-likeness (QED) is 0.350. The highest BCUT2D eigenvalue weighted by Crippen LogP contribution is 2.33. The summed E-state index contributed by atoms with van der Waals surface area (Å²) < 4.78 is 1.74. The number of rotatable bonds is 6. The Labute approximate surface area is 204 Å². The highest BCUT2D eigenvalue weighted by molar-refractivity contribution is 6.31. The number of aromatic nitrogens is 2. The number of carbonyl (C=O) groups excluding carboxylic acids is 1. The molecule has 1 atom stereocenters. The zero-order valence-electron chi connectivity index (χ0n) is 19.3. The van der Waals surface area contributed by atoms with Crippen molar-refractivity contribution < 1.29 is 9.90 Å². The van der Waals surface area contributed by atoms with Crippen LogP contribution >= 0.6 is 11.6 Å². The number of benzene rings is 3. The molecule has 0 fully saturated rings. The Kier molecular flexibility index (Phi) is 6.72. The number of phenolic OH excluding ortho intramolecular Hbond substituents is 1. The number of amides is 1. The number of nitrogens with two attached hydrogens (primary N) is 1. The zero-order chi connectivity index (χ0) is 24.4. The Balaban J connectivity index is 1.73. The van der Waals surface area contributed by atoms with Crippen molar-refractivity contribution in [1.29, 1.82) is 0 Å². The summed E-state index contributed by atoms with van der Waals surface area (Å²) >= 11 is 6.20. The van der Waals surface area contributed by atoms with Crippen molar-refractivity contribution in [3.8, 4) is 28.0 Å². The molecule has 1 amide bonds. The maximum atomic E-state index is 13.1. The van der Waals surface area contributed by atoms with E-state index >= 15 is 0 Å². The van der Waals surface area contributed by atoms with E-state index in [4.69, 9.17) is 17.3 Å². The van der Waals surface area contributed by atoms with Gasteiger partial charge in [-0.1, -0.05) is 23.7 Å². The molecule has 0 aliphatic carbocycles. The van der Waals surface area contributed by atoms with E-state index in [1.54, 1.807) is 23.0 Å². The van der Waals surface area contributed by atoms with E-state index in [1.807, 2.05) is 63.5 Å². The monoisotopic (exact) mass is 474 g/mol. The number of nitrogens with zero attached hydrogens (tertiary/aromatic N) is 2. The van der Waals surface area contributed by atoms with Gasteiger partial charge in [-0.05, 0) is 89.7 Å². The van der Waals surface area contributed by atoms with Crippen LogP contribution < -0.4 is 11.1 Å². The fourth-order valence-electron chi connectivity index (χ4n) is 3.94. The summed E-state index contributed by atoms with van der Waals surface area (Å²) in [5, 5.41) is 17.9. The van der Waals surface area contributed by atoms with Crippen molar-refractivity contribution in [2.24, 2.45) is 12.8 Å². The topological polar surface area (TPSA) is 93.2 Å². The number of hydrogen-bond acceptors (Lipinski definition) is 4. The Hall–Kier alpha value is -3.61.